The van der Waals surface area contributed by atoms with Crippen LogP contribution in [0.1, 0.15) is 23.9 Å². The van der Waals surface area contributed by atoms with E-state index in [0.717, 1.165) is 22.7 Å². The van der Waals surface area contributed by atoms with Crippen molar-refractivity contribution in [1.29, 1.82) is 0 Å². The standard InChI is InChI=1S/C14H15NOS/c1-10-3-6-12(7-4-10)13-9-17-14(15-13)8-5-11(2)16/h3-4,6-7,9H,5,8H2,1-2H3. The van der Waals surface area contributed by atoms with Crippen molar-refractivity contribution in [1.82, 2.24) is 4.98 Å². The predicted octanol–water partition coefficient (Wildman–Crippen LogP) is 3.64. The van der Waals surface area contributed by atoms with Gasteiger partial charge in [0.1, 0.15) is 5.78 Å². The highest BCUT2D eigenvalue weighted by molar-refractivity contribution is 7.09. The third-order valence-corrected chi connectivity index (χ3v) is 3.50. The van der Waals surface area contributed by atoms with Crippen molar-refractivity contribution in [2.75, 3.05) is 0 Å². The van der Waals surface area contributed by atoms with E-state index in [1.165, 1.54) is 5.56 Å². The number of Topliss-reactive ketones (excluding diaryl/α,β-unsaturated/α-hetero) is 1. The summed E-state index contributed by atoms with van der Waals surface area (Å²) >= 11 is 1.63. The molecule has 2 aromatic rings. The zero-order valence-corrected chi connectivity index (χ0v) is 10.9. The van der Waals surface area contributed by atoms with Gasteiger partial charge in [0, 0.05) is 23.8 Å². The van der Waals surface area contributed by atoms with Gasteiger partial charge in [0.2, 0.25) is 0 Å². The summed E-state index contributed by atoms with van der Waals surface area (Å²) in [6, 6.07) is 8.34. The highest BCUT2D eigenvalue weighted by atomic mass is 32.1. The number of nitrogens with zero attached hydrogens (tertiary/aromatic N) is 1. The van der Waals surface area contributed by atoms with E-state index in [-0.39, 0.29) is 5.78 Å². The van der Waals surface area contributed by atoms with Gasteiger partial charge in [-0.2, -0.15) is 0 Å². The highest BCUT2D eigenvalue weighted by Gasteiger charge is 2.05. The first-order valence-electron chi connectivity index (χ1n) is 5.66. The zero-order chi connectivity index (χ0) is 12.3. The summed E-state index contributed by atoms with van der Waals surface area (Å²) in [6.07, 6.45) is 1.34. The molecule has 1 aromatic heterocycles. The molecule has 0 radical (unpaired) electrons. The Morgan fingerprint density at radius 2 is 2.00 bits per heavy atom. The minimum absolute atomic E-state index is 0.220. The second kappa shape index (κ2) is 5.23. The second-order valence-electron chi connectivity index (χ2n) is 4.19. The van der Waals surface area contributed by atoms with E-state index in [1.54, 1.807) is 18.3 Å². The van der Waals surface area contributed by atoms with Crippen LogP contribution in [0.4, 0.5) is 0 Å². The molecule has 0 bridgehead atoms. The molecule has 1 heterocycles. The molecule has 3 heteroatoms. The van der Waals surface area contributed by atoms with Crippen molar-refractivity contribution in [3.8, 4) is 11.3 Å². The fourth-order valence-corrected chi connectivity index (χ4v) is 2.37. The smallest absolute Gasteiger partial charge is 0.130 e. The third-order valence-electron chi connectivity index (χ3n) is 2.59. The molecule has 0 atom stereocenters. The van der Waals surface area contributed by atoms with E-state index < -0.39 is 0 Å². The van der Waals surface area contributed by atoms with Gasteiger partial charge in [0.25, 0.3) is 0 Å². The van der Waals surface area contributed by atoms with Gasteiger partial charge in [-0.3, -0.25) is 0 Å². The molecule has 0 saturated heterocycles. The molecule has 17 heavy (non-hydrogen) atoms. The number of aromatic nitrogens is 1. The van der Waals surface area contributed by atoms with E-state index in [1.807, 2.05) is 0 Å². The number of benzene rings is 1. The van der Waals surface area contributed by atoms with Gasteiger partial charge in [0.05, 0.1) is 10.7 Å². The number of rotatable bonds is 4. The largest absolute Gasteiger partial charge is 0.300 e. The van der Waals surface area contributed by atoms with Crippen LogP contribution in [0, 0.1) is 6.92 Å². The van der Waals surface area contributed by atoms with Gasteiger partial charge in [-0.1, -0.05) is 29.8 Å². The molecule has 0 aliphatic carbocycles. The molecule has 1 aromatic carbocycles. The van der Waals surface area contributed by atoms with E-state index in [2.05, 4.69) is 41.6 Å². The van der Waals surface area contributed by atoms with Gasteiger partial charge in [-0.15, -0.1) is 11.3 Å². The maximum Gasteiger partial charge on any atom is 0.130 e. The molecule has 2 nitrogen and oxygen atoms in total. The predicted molar refractivity (Wildman–Crippen MR) is 71.3 cm³/mol. The van der Waals surface area contributed by atoms with Crippen LogP contribution in [0.2, 0.25) is 0 Å². The molecule has 2 rings (SSSR count). The average molecular weight is 245 g/mol. The van der Waals surface area contributed by atoms with E-state index in [9.17, 15) is 4.79 Å². The van der Waals surface area contributed by atoms with Crippen LogP contribution in [0.25, 0.3) is 11.3 Å². The number of hydrogen-bond donors (Lipinski definition) is 0. The molecular formula is C14H15NOS. The minimum atomic E-state index is 0.220. The topological polar surface area (TPSA) is 30.0 Å². The van der Waals surface area contributed by atoms with Crippen molar-refractivity contribution >= 4 is 17.1 Å². The lowest BCUT2D eigenvalue weighted by molar-refractivity contribution is -0.116. The monoisotopic (exact) mass is 245 g/mol. The molecule has 88 valence electrons. The summed E-state index contributed by atoms with van der Waals surface area (Å²) in [5, 5.41) is 3.09. The summed E-state index contributed by atoms with van der Waals surface area (Å²) in [6.45, 7) is 3.69. The molecule has 0 aliphatic heterocycles. The average Bonchev–Trinajstić information content (AvgIpc) is 2.76. The summed E-state index contributed by atoms with van der Waals surface area (Å²) < 4.78 is 0. The van der Waals surface area contributed by atoms with Gasteiger partial charge >= 0.3 is 0 Å². The Hall–Kier alpha value is -1.48. The van der Waals surface area contributed by atoms with Gasteiger partial charge < -0.3 is 4.79 Å². The summed E-state index contributed by atoms with van der Waals surface area (Å²) in [7, 11) is 0. The zero-order valence-electron chi connectivity index (χ0n) is 10.1. The number of ketones is 1. The van der Waals surface area contributed by atoms with Crippen molar-refractivity contribution < 1.29 is 4.79 Å². The molecule has 0 amide bonds. The summed E-state index contributed by atoms with van der Waals surface area (Å²) in [5.74, 6) is 0.220. The van der Waals surface area contributed by atoms with Crippen LogP contribution in [0.15, 0.2) is 29.6 Å². The van der Waals surface area contributed by atoms with Crippen LogP contribution >= 0.6 is 11.3 Å². The summed E-state index contributed by atoms with van der Waals surface area (Å²) in [5.41, 5.74) is 3.40. The second-order valence-corrected chi connectivity index (χ2v) is 5.14. The van der Waals surface area contributed by atoms with Crippen molar-refractivity contribution in [2.24, 2.45) is 0 Å². The number of aryl methyl sites for hydroxylation is 2. The quantitative estimate of drug-likeness (QED) is 0.823. The Bertz CT molecular complexity index is 513. The van der Waals surface area contributed by atoms with Crippen LogP contribution in [0.3, 0.4) is 0 Å². The van der Waals surface area contributed by atoms with Crippen molar-refractivity contribution in [2.45, 2.75) is 26.7 Å². The first-order chi connectivity index (χ1) is 8.15. The van der Waals surface area contributed by atoms with Gasteiger partial charge in [-0.25, -0.2) is 4.98 Å². The number of hydrogen-bond acceptors (Lipinski definition) is 3. The Kier molecular flexibility index (Phi) is 3.69. The Labute approximate surface area is 105 Å². The van der Waals surface area contributed by atoms with Crippen LogP contribution < -0.4 is 0 Å². The maximum atomic E-state index is 10.9. The first kappa shape index (κ1) is 12.0. The number of carbonyl (C=O) groups is 1. The van der Waals surface area contributed by atoms with E-state index in [0.29, 0.717) is 6.42 Å². The molecule has 0 fully saturated rings. The minimum Gasteiger partial charge on any atom is -0.300 e. The Morgan fingerprint density at radius 1 is 1.29 bits per heavy atom. The highest BCUT2D eigenvalue weighted by Crippen LogP contribution is 2.22. The van der Waals surface area contributed by atoms with Gasteiger partial charge in [0.15, 0.2) is 0 Å². The lowest BCUT2D eigenvalue weighted by Gasteiger charge is -1.97. The third kappa shape index (κ3) is 3.24. The Balaban J connectivity index is 2.12. The SMILES string of the molecule is CC(=O)CCc1nc(-c2ccc(C)cc2)cs1. The molecular weight excluding hydrogens is 230 g/mol. The van der Waals surface area contributed by atoms with Crippen LogP contribution in [-0.4, -0.2) is 10.8 Å². The van der Waals surface area contributed by atoms with E-state index >= 15 is 0 Å². The van der Waals surface area contributed by atoms with Gasteiger partial charge in [-0.05, 0) is 13.8 Å². The fraction of sp³-hybridized carbons (Fsp3) is 0.286. The fourth-order valence-electron chi connectivity index (χ4n) is 1.57. The van der Waals surface area contributed by atoms with Crippen molar-refractivity contribution in [3.63, 3.8) is 0 Å². The van der Waals surface area contributed by atoms with E-state index in [4.69, 9.17) is 0 Å². The molecule has 0 aliphatic rings. The molecule has 0 unspecified atom stereocenters. The molecule has 0 spiro atoms. The molecule has 0 N–H and O–H groups in total. The molecule has 0 saturated carbocycles. The lowest BCUT2D eigenvalue weighted by Crippen LogP contribution is -1.93. The summed E-state index contributed by atoms with van der Waals surface area (Å²) in [4.78, 5) is 15.5. The number of thiazole rings is 1. The van der Waals surface area contributed by atoms with Crippen LogP contribution in [0.5, 0.6) is 0 Å². The Morgan fingerprint density at radius 3 is 2.65 bits per heavy atom. The normalized spacial score (nSPS) is 10.5. The van der Waals surface area contributed by atoms with Crippen molar-refractivity contribution in [3.05, 3.63) is 40.2 Å². The van der Waals surface area contributed by atoms with Crippen LogP contribution in [-0.2, 0) is 11.2 Å². The lowest BCUT2D eigenvalue weighted by atomic mass is 10.1. The maximum absolute atomic E-state index is 10.9. The number of carbonyl (C=O) groups excluding carboxylic acids is 1. The first-order valence-corrected chi connectivity index (χ1v) is 6.54.